The van der Waals surface area contributed by atoms with Crippen LogP contribution in [-0.4, -0.2) is 19.6 Å². The van der Waals surface area contributed by atoms with Gasteiger partial charge in [-0.2, -0.15) is 0 Å². The lowest BCUT2D eigenvalue weighted by atomic mass is 10.1. The van der Waals surface area contributed by atoms with Gasteiger partial charge in [-0.3, -0.25) is 4.79 Å². The van der Waals surface area contributed by atoms with Crippen molar-refractivity contribution < 1.29 is 14.3 Å². The van der Waals surface area contributed by atoms with Gasteiger partial charge in [0.25, 0.3) is 5.91 Å². The van der Waals surface area contributed by atoms with Gasteiger partial charge in [-0.25, -0.2) is 0 Å². The fourth-order valence-electron chi connectivity index (χ4n) is 2.62. The highest BCUT2D eigenvalue weighted by atomic mass is 79.9. The second kappa shape index (κ2) is 6.01. The number of amides is 1. The van der Waals surface area contributed by atoms with Crippen LogP contribution >= 0.6 is 15.9 Å². The first-order chi connectivity index (χ1) is 10.6. The molecule has 3 rings (SSSR count). The summed E-state index contributed by atoms with van der Waals surface area (Å²) in [4.78, 5) is 14.2. The van der Waals surface area contributed by atoms with E-state index in [0.717, 1.165) is 21.3 Å². The molecule has 114 valence electrons. The highest BCUT2D eigenvalue weighted by Gasteiger charge is 2.25. The maximum atomic E-state index is 12.5. The molecule has 0 aliphatic carbocycles. The van der Waals surface area contributed by atoms with Crippen LogP contribution in [0.25, 0.3) is 0 Å². The number of carbonyl (C=O) groups excluding carboxylic acids is 1. The first-order valence-corrected chi connectivity index (χ1v) is 7.74. The largest absolute Gasteiger partial charge is 0.493 e. The van der Waals surface area contributed by atoms with E-state index in [4.69, 9.17) is 9.47 Å². The molecule has 1 aliphatic heterocycles. The maximum absolute atomic E-state index is 12.5. The summed E-state index contributed by atoms with van der Waals surface area (Å²) in [6, 6.07) is 11.6. The Morgan fingerprint density at radius 2 is 2.09 bits per heavy atom. The van der Waals surface area contributed by atoms with E-state index in [2.05, 4.69) is 15.9 Å². The zero-order valence-corrected chi connectivity index (χ0v) is 14.0. The smallest absolute Gasteiger partial charge is 0.265 e. The van der Waals surface area contributed by atoms with Crippen LogP contribution in [-0.2, 0) is 11.3 Å². The fraction of sp³-hybridized carbons (Fsp3) is 0.235. The van der Waals surface area contributed by atoms with E-state index in [1.807, 2.05) is 43.3 Å². The monoisotopic (exact) mass is 361 g/mol. The van der Waals surface area contributed by atoms with Gasteiger partial charge in [-0.15, -0.1) is 0 Å². The lowest BCUT2D eigenvalue weighted by Crippen LogP contribution is -2.32. The number of nitrogens with zero attached hydrogens (tertiary/aromatic N) is 1. The average molecular weight is 362 g/mol. The first kappa shape index (κ1) is 14.9. The number of halogens is 1. The Bertz CT molecular complexity index is 730. The Hall–Kier alpha value is -2.01. The van der Waals surface area contributed by atoms with Gasteiger partial charge in [-0.1, -0.05) is 28.1 Å². The number of hydrogen-bond donors (Lipinski definition) is 0. The Morgan fingerprint density at radius 3 is 2.82 bits per heavy atom. The molecule has 0 saturated carbocycles. The predicted octanol–water partition coefficient (Wildman–Crippen LogP) is 3.69. The molecular formula is C17H16BrNO3. The lowest BCUT2D eigenvalue weighted by molar-refractivity contribution is -0.120. The molecule has 0 unspecified atom stereocenters. The van der Waals surface area contributed by atoms with Crippen molar-refractivity contribution in [2.24, 2.45) is 0 Å². The average Bonchev–Trinajstić information content (AvgIpc) is 2.67. The summed E-state index contributed by atoms with van der Waals surface area (Å²) < 4.78 is 12.0. The molecule has 0 N–H and O–H groups in total. The fourth-order valence-corrected chi connectivity index (χ4v) is 3.10. The summed E-state index contributed by atoms with van der Waals surface area (Å²) in [5, 5.41) is 0. The van der Waals surface area contributed by atoms with Crippen molar-refractivity contribution in [1.29, 1.82) is 0 Å². The molecule has 5 heteroatoms. The molecule has 0 fully saturated rings. The van der Waals surface area contributed by atoms with Crippen molar-refractivity contribution in [3.63, 3.8) is 0 Å². The van der Waals surface area contributed by atoms with Gasteiger partial charge in [0.15, 0.2) is 18.1 Å². The topological polar surface area (TPSA) is 38.8 Å². The molecule has 0 radical (unpaired) electrons. The number of ether oxygens (including phenoxy) is 2. The summed E-state index contributed by atoms with van der Waals surface area (Å²) in [5.41, 5.74) is 2.87. The third-order valence-corrected chi connectivity index (χ3v) is 4.19. The number of carbonyl (C=O) groups is 1. The molecule has 0 atom stereocenters. The van der Waals surface area contributed by atoms with Crippen LogP contribution in [0.15, 0.2) is 40.9 Å². The molecule has 0 spiro atoms. The second-order valence-electron chi connectivity index (χ2n) is 5.15. The third-order valence-electron chi connectivity index (χ3n) is 3.70. The Morgan fingerprint density at radius 1 is 1.27 bits per heavy atom. The van der Waals surface area contributed by atoms with Crippen molar-refractivity contribution in [2.45, 2.75) is 13.5 Å². The van der Waals surface area contributed by atoms with Crippen LogP contribution in [0.1, 0.15) is 11.1 Å². The van der Waals surface area contributed by atoms with Crippen LogP contribution < -0.4 is 14.4 Å². The van der Waals surface area contributed by atoms with Crippen molar-refractivity contribution >= 4 is 27.5 Å². The van der Waals surface area contributed by atoms with Crippen LogP contribution in [0, 0.1) is 6.92 Å². The van der Waals surface area contributed by atoms with Crippen LogP contribution in [0.2, 0.25) is 0 Å². The minimum absolute atomic E-state index is 0.00285. The zero-order chi connectivity index (χ0) is 15.7. The molecule has 2 aromatic carbocycles. The maximum Gasteiger partial charge on any atom is 0.265 e. The molecule has 4 nitrogen and oxygen atoms in total. The van der Waals surface area contributed by atoms with E-state index in [-0.39, 0.29) is 12.5 Å². The van der Waals surface area contributed by atoms with Gasteiger partial charge in [0.05, 0.1) is 13.7 Å². The highest BCUT2D eigenvalue weighted by Crippen LogP contribution is 2.35. The SMILES string of the molecule is COc1cccc2c1OCC(=O)N(c1ccc(Br)cc1C)C2. The minimum atomic E-state index is -0.0660. The van der Waals surface area contributed by atoms with Gasteiger partial charge in [0.2, 0.25) is 0 Å². The number of anilines is 1. The molecule has 0 aromatic heterocycles. The molecular weight excluding hydrogens is 346 g/mol. The zero-order valence-electron chi connectivity index (χ0n) is 12.4. The predicted molar refractivity (Wildman–Crippen MR) is 88.6 cm³/mol. The quantitative estimate of drug-likeness (QED) is 0.818. The van der Waals surface area contributed by atoms with Gasteiger partial charge in [0.1, 0.15) is 0 Å². The van der Waals surface area contributed by atoms with Crippen LogP contribution in [0.4, 0.5) is 5.69 Å². The molecule has 1 heterocycles. The van der Waals surface area contributed by atoms with Crippen molar-refractivity contribution in [3.8, 4) is 11.5 Å². The highest BCUT2D eigenvalue weighted by molar-refractivity contribution is 9.10. The van der Waals surface area contributed by atoms with Crippen LogP contribution in [0.5, 0.6) is 11.5 Å². The molecule has 1 aliphatic rings. The van der Waals surface area contributed by atoms with E-state index in [0.29, 0.717) is 18.0 Å². The summed E-state index contributed by atoms with van der Waals surface area (Å²) in [6.45, 7) is 2.46. The molecule has 1 amide bonds. The van der Waals surface area contributed by atoms with E-state index < -0.39 is 0 Å². The summed E-state index contributed by atoms with van der Waals surface area (Å²) in [5.74, 6) is 1.24. The molecule has 2 aromatic rings. The summed E-state index contributed by atoms with van der Waals surface area (Å²) in [7, 11) is 1.60. The van der Waals surface area contributed by atoms with Crippen LogP contribution in [0.3, 0.4) is 0 Å². The number of fused-ring (bicyclic) bond motifs is 1. The van der Waals surface area contributed by atoms with E-state index in [1.165, 1.54) is 0 Å². The normalized spacial score (nSPS) is 14.1. The van der Waals surface area contributed by atoms with Gasteiger partial charge in [0, 0.05) is 15.7 Å². The minimum Gasteiger partial charge on any atom is -0.493 e. The van der Waals surface area contributed by atoms with Gasteiger partial charge < -0.3 is 14.4 Å². The second-order valence-corrected chi connectivity index (χ2v) is 6.06. The first-order valence-electron chi connectivity index (χ1n) is 6.95. The standard InChI is InChI=1S/C17H16BrNO3/c1-11-8-13(18)6-7-14(11)19-9-12-4-3-5-15(21-2)17(12)22-10-16(19)20/h3-8H,9-10H2,1-2H3. The van der Waals surface area contributed by atoms with E-state index in [9.17, 15) is 4.79 Å². The summed E-state index contributed by atoms with van der Waals surface area (Å²) >= 11 is 3.45. The number of para-hydroxylation sites is 1. The van der Waals surface area contributed by atoms with E-state index >= 15 is 0 Å². The lowest BCUT2D eigenvalue weighted by Gasteiger charge is -2.22. The summed E-state index contributed by atoms with van der Waals surface area (Å²) in [6.07, 6.45) is 0. The number of rotatable bonds is 2. The number of benzene rings is 2. The van der Waals surface area contributed by atoms with Crippen molar-refractivity contribution in [2.75, 3.05) is 18.6 Å². The molecule has 22 heavy (non-hydrogen) atoms. The van der Waals surface area contributed by atoms with E-state index in [1.54, 1.807) is 12.0 Å². The number of aryl methyl sites for hydroxylation is 1. The number of hydrogen-bond acceptors (Lipinski definition) is 3. The Kier molecular flexibility index (Phi) is 4.07. The third kappa shape index (κ3) is 2.68. The van der Waals surface area contributed by atoms with Gasteiger partial charge in [-0.05, 0) is 36.8 Å². The Labute approximate surface area is 137 Å². The van der Waals surface area contributed by atoms with Gasteiger partial charge >= 0.3 is 0 Å². The molecule has 0 bridgehead atoms. The van der Waals surface area contributed by atoms with Crippen molar-refractivity contribution in [3.05, 3.63) is 52.0 Å². The van der Waals surface area contributed by atoms with Crippen molar-refractivity contribution in [1.82, 2.24) is 0 Å². The molecule has 0 saturated heterocycles. The Balaban J connectivity index is 2.03. The number of methoxy groups -OCH3 is 1.